The Balaban J connectivity index is 1.72. The van der Waals surface area contributed by atoms with Crippen LogP contribution in [-0.2, 0) is 4.79 Å². The average molecular weight is 311 g/mol. The number of halogens is 1. The standard InChI is InChI=1S/C15H19ClN2OS/c16-11-3-4-14-12(8-11)13(5-7-20-14)18-15(19)10-2-1-6-17-9-10/h3-4,8,10,13,17H,1-2,5-7,9H2,(H,18,19). The van der Waals surface area contributed by atoms with Crippen LogP contribution in [0.15, 0.2) is 23.1 Å². The highest BCUT2D eigenvalue weighted by Crippen LogP contribution is 2.37. The van der Waals surface area contributed by atoms with Crippen LogP contribution >= 0.6 is 23.4 Å². The van der Waals surface area contributed by atoms with Gasteiger partial charge in [0, 0.05) is 22.2 Å². The molecule has 2 atom stereocenters. The van der Waals surface area contributed by atoms with Crippen LogP contribution in [-0.4, -0.2) is 24.7 Å². The highest BCUT2D eigenvalue weighted by Gasteiger charge is 2.27. The average Bonchev–Trinajstić information content (AvgIpc) is 2.49. The molecule has 2 N–H and O–H groups in total. The molecule has 0 spiro atoms. The fraction of sp³-hybridized carbons (Fsp3) is 0.533. The number of carbonyl (C=O) groups is 1. The first-order valence-corrected chi connectivity index (χ1v) is 8.54. The number of rotatable bonds is 2. The smallest absolute Gasteiger partial charge is 0.224 e. The summed E-state index contributed by atoms with van der Waals surface area (Å²) >= 11 is 7.94. The van der Waals surface area contributed by atoms with Crippen LogP contribution in [0.25, 0.3) is 0 Å². The van der Waals surface area contributed by atoms with E-state index in [0.29, 0.717) is 0 Å². The zero-order chi connectivity index (χ0) is 13.9. The van der Waals surface area contributed by atoms with Crippen molar-refractivity contribution in [3.05, 3.63) is 28.8 Å². The number of hydrogen-bond donors (Lipinski definition) is 2. The molecule has 3 nitrogen and oxygen atoms in total. The SMILES string of the molecule is O=C(NC1CCSc2ccc(Cl)cc21)C1CCCNC1. The van der Waals surface area contributed by atoms with Crippen LogP contribution in [0.1, 0.15) is 30.9 Å². The van der Waals surface area contributed by atoms with Crippen LogP contribution in [0.3, 0.4) is 0 Å². The van der Waals surface area contributed by atoms with Crippen LogP contribution in [0.4, 0.5) is 0 Å². The number of fused-ring (bicyclic) bond motifs is 1. The molecule has 2 unspecified atom stereocenters. The van der Waals surface area contributed by atoms with Gasteiger partial charge in [0.1, 0.15) is 0 Å². The molecule has 0 saturated carbocycles. The summed E-state index contributed by atoms with van der Waals surface area (Å²) < 4.78 is 0. The summed E-state index contributed by atoms with van der Waals surface area (Å²) in [6, 6.07) is 6.08. The van der Waals surface area contributed by atoms with Crippen molar-refractivity contribution in [3.8, 4) is 0 Å². The van der Waals surface area contributed by atoms with Crippen LogP contribution < -0.4 is 10.6 Å². The second-order valence-electron chi connectivity index (χ2n) is 5.42. The number of benzene rings is 1. The fourth-order valence-corrected chi connectivity index (χ4v) is 4.17. The highest BCUT2D eigenvalue weighted by atomic mass is 35.5. The first-order chi connectivity index (χ1) is 9.74. The molecule has 2 aliphatic heterocycles. The Labute approximate surface area is 128 Å². The lowest BCUT2D eigenvalue weighted by atomic mass is 9.97. The third kappa shape index (κ3) is 3.13. The van der Waals surface area contributed by atoms with Gasteiger partial charge in [-0.3, -0.25) is 4.79 Å². The van der Waals surface area contributed by atoms with Crippen molar-refractivity contribution >= 4 is 29.3 Å². The van der Waals surface area contributed by atoms with Gasteiger partial charge in [-0.05, 0) is 49.6 Å². The molecule has 0 bridgehead atoms. The summed E-state index contributed by atoms with van der Waals surface area (Å²) in [5.41, 5.74) is 1.17. The van der Waals surface area contributed by atoms with Gasteiger partial charge in [-0.1, -0.05) is 11.6 Å². The minimum atomic E-state index is 0.111. The van der Waals surface area contributed by atoms with Crippen molar-refractivity contribution < 1.29 is 4.79 Å². The Hall–Kier alpha value is -0.710. The fourth-order valence-electron chi connectivity index (χ4n) is 2.88. The van der Waals surface area contributed by atoms with Crippen molar-refractivity contribution in [3.63, 3.8) is 0 Å². The van der Waals surface area contributed by atoms with E-state index >= 15 is 0 Å². The van der Waals surface area contributed by atoms with E-state index in [0.717, 1.165) is 43.1 Å². The van der Waals surface area contributed by atoms with Gasteiger partial charge in [-0.2, -0.15) is 0 Å². The molecule has 0 aromatic heterocycles. The van der Waals surface area contributed by atoms with Crippen molar-refractivity contribution in [2.75, 3.05) is 18.8 Å². The van der Waals surface area contributed by atoms with E-state index < -0.39 is 0 Å². The minimum absolute atomic E-state index is 0.111. The summed E-state index contributed by atoms with van der Waals surface area (Å²) in [5, 5.41) is 7.26. The third-order valence-corrected chi connectivity index (χ3v) is 5.35. The number of nitrogens with one attached hydrogen (secondary N) is 2. The Kier molecular flexibility index (Phi) is 4.54. The number of amides is 1. The lowest BCUT2D eigenvalue weighted by Crippen LogP contribution is -2.42. The van der Waals surface area contributed by atoms with Gasteiger partial charge in [0.05, 0.1) is 12.0 Å². The predicted octanol–water partition coefficient (Wildman–Crippen LogP) is 2.99. The molecule has 1 fully saturated rings. The van der Waals surface area contributed by atoms with Crippen molar-refractivity contribution in [1.29, 1.82) is 0 Å². The Bertz CT molecular complexity index is 503. The van der Waals surface area contributed by atoms with E-state index in [1.165, 1.54) is 10.5 Å². The molecule has 1 amide bonds. The number of piperidine rings is 1. The molecule has 108 valence electrons. The molecule has 2 aliphatic rings. The van der Waals surface area contributed by atoms with Crippen molar-refractivity contribution in [1.82, 2.24) is 10.6 Å². The number of thioether (sulfide) groups is 1. The van der Waals surface area contributed by atoms with E-state index in [1.807, 2.05) is 23.9 Å². The van der Waals surface area contributed by atoms with Crippen molar-refractivity contribution in [2.45, 2.75) is 30.2 Å². The molecule has 5 heteroatoms. The maximum Gasteiger partial charge on any atom is 0.224 e. The quantitative estimate of drug-likeness (QED) is 0.882. The normalized spacial score (nSPS) is 25.9. The summed E-state index contributed by atoms with van der Waals surface area (Å²) in [4.78, 5) is 13.6. The maximum absolute atomic E-state index is 12.4. The van der Waals surface area contributed by atoms with Gasteiger partial charge in [-0.15, -0.1) is 11.8 Å². The Morgan fingerprint density at radius 1 is 1.40 bits per heavy atom. The first kappa shape index (κ1) is 14.2. The Morgan fingerprint density at radius 3 is 3.10 bits per heavy atom. The molecule has 20 heavy (non-hydrogen) atoms. The second-order valence-corrected chi connectivity index (χ2v) is 7.00. The largest absolute Gasteiger partial charge is 0.349 e. The molecule has 2 heterocycles. The summed E-state index contributed by atoms with van der Waals surface area (Å²) in [5.74, 6) is 1.34. The van der Waals surface area contributed by atoms with Gasteiger partial charge >= 0.3 is 0 Å². The molecule has 3 rings (SSSR count). The van der Waals surface area contributed by atoms with Gasteiger partial charge in [0.15, 0.2) is 0 Å². The highest BCUT2D eigenvalue weighted by molar-refractivity contribution is 7.99. The van der Waals surface area contributed by atoms with Crippen LogP contribution in [0, 0.1) is 5.92 Å². The Morgan fingerprint density at radius 2 is 2.30 bits per heavy atom. The predicted molar refractivity (Wildman–Crippen MR) is 83.3 cm³/mol. The van der Waals surface area contributed by atoms with E-state index in [9.17, 15) is 4.79 Å². The van der Waals surface area contributed by atoms with E-state index in [4.69, 9.17) is 11.6 Å². The van der Waals surface area contributed by atoms with E-state index in [2.05, 4.69) is 16.7 Å². The molecule has 1 aromatic carbocycles. The summed E-state index contributed by atoms with van der Waals surface area (Å²) in [7, 11) is 0. The number of carbonyl (C=O) groups excluding carboxylic acids is 1. The van der Waals surface area contributed by atoms with Crippen molar-refractivity contribution in [2.24, 2.45) is 5.92 Å². The molecule has 1 saturated heterocycles. The van der Waals surface area contributed by atoms with Gasteiger partial charge in [0.2, 0.25) is 5.91 Å². The van der Waals surface area contributed by atoms with E-state index in [-0.39, 0.29) is 17.9 Å². The van der Waals surface area contributed by atoms with Gasteiger partial charge < -0.3 is 10.6 Å². The zero-order valence-electron chi connectivity index (χ0n) is 11.3. The third-order valence-electron chi connectivity index (χ3n) is 4.00. The zero-order valence-corrected chi connectivity index (χ0v) is 12.9. The molecule has 1 aromatic rings. The topological polar surface area (TPSA) is 41.1 Å². The monoisotopic (exact) mass is 310 g/mol. The molecular formula is C15H19ClN2OS. The lowest BCUT2D eigenvalue weighted by Gasteiger charge is -2.29. The molecule has 0 radical (unpaired) electrons. The maximum atomic E-state index is 12.4. The summed E-state index contributed by atoms with van der Waals surface area (Å²) in [6.45, 7) is 1.83. The van der Waals surface area contributed by atoms with Gasteiger partial charge in [-0.25, -0.2) is 0 Å². The van der Waals surface area contributed by atoms with Crippen LogP contribution in [0.5, 0.6) is 0 Å². The van der Waals surface area contributed by atoms with E-state index in [1.54, 1.807) is 0 Å². The van der Waals surface area contributed by atoms with Gasteiger partial charge in [0.25, 0.3) is 0 Å². The number of hydrogen-bond acceptors (Lipinski definition) is 3. The molecular weight excluding hydrogens is 292 g/mol. The first-order valence-electron chi connectivity index (χ1n) is 7.17. The van der Waals surface area contributed by atoms with Crippen LogP contribution in [0.2, 0.25) is 5.02 Å². The molecule has 0 aliphatic carbocycles. The second kappa shape index (κ2) is 6.37. The summed E-state index contributed by atoms with van der Waals surface area (Å²) in [6.07, 6.45) is 3.05. The lowest BCUT2D eigenvalue weighted by molar-refractivity contribution is -0.126. The minimum Gasteiger partial charge on any atom is -0.349 e.